The van der Waals surface area contributed by atoms with Gasteiger partial charge in [-0.2, -0.15) is 0 Å². The number of para-hydroxylation sites is 1. The SMILES string of the molecule is CCN1C(=O)C2(c3ccccc31)c1c(oc3ccc(C)cc3c1=O)C(=O)N2c1nccs1. The van der Waals surface area contributed by atoms with Crippen molar-refractivity contribution in [3.05, 3.63) is 86.7 Å². The third-order valence-electron chi connectivity index (χ3n) is 6.21. The lowest BCUT2D eigenvalue weighted by molar-refractivity contribution is -0.121. The minimum atomic E-state index is -1.66. The Bertz CT molecular complexity index is 1510. The number of aromatic nitrogens is 1. The molecule has 7 nitrogen and oxygen atoms in total. The van der Waals surface area contributed by atoms with Crippen LogP contribution < -0.4 is 15.2 Å². The summed E-state index contributed by atoms with van der Waals surface area (Å²) in [4.78, 5) is 49.1. The van der Waals surface area contributed by atoms with Gasteiger partial charge in [-0.15, -0.1) is 11.3 Å². The van der Waals surface area contributed by atoms with Gasteiger partial charge in [-0.3, -0.25) is 19.3 Å². The number of nitrogens with zero attached hydrogens (tertiary/aromatic N) is 3. The maximum Gasteiger partial charge on any atom is 0.297 e. The molecule has 0 fully saturated rings. The topological polar surface area (TPSA) is 83.7 Å². The van der Waals surface area contributed by atoms with Gasteiger partial charge in [0, 0.05) is 23.7 Å². The zero-order valence-corrected chi connectivity index (χ0v) is 18.1. The van der Waals surface area contributed by atoms with Crippen molar-refractivity contribution in [2.45, 2.75) is 19.4 Å². The molecule has 2 aromatic heterocycles. The van der Waals surface area contributed by atoms with Crippen LogP contribution in [0.1, 0.15) is 34.2 Å². The van der Waals surface area contributed by atoms with Gasteiger partial charge in [-0.25, -0.2) is 4.98 Å². The van der Waals surface area contributed by atoms with Crippen molar-refractivity contribution in [3.63, 3.8) is 0 Å². The van der Waals surface area contributed by atoms with Crippen LogP contribution in [0, 0.1) is 6.92 Å². The summed E-state index contributed by atoms with van der Waals surface area (Å²) < 4.78 is 6.01. The summed E-state index contributed by atoms with van der Waals surface area (Å²) in [6.45, 7) is 4.14. The van der Waals surface area contributed by atoms with E-state index in [4.69, 9.17) is 4.42 Å². The van der Waals surface area contributed by atoms with Gasteiger partial charge in [-0.1, -0.05) is 29.8 Å². The Morgan fingerprint density at radius 3 is 2.69 bits per heavy atom. The summed E-state index contributed by atoms with van der Waals surface area (Å²) in [6, 6.07) is 12.5. The Kier molecular flexibility index (Phi) is 3.77. The summed E-state index contributed by atoms with van der Waals surface area (Å²) in [5.74, 6) is -1.01. The summed E-state index contributed by atoms with van der Waals surface area (Å²) in [7, 11) is 0. The molecule has 4 heterocycles. The smallest absolute Gasteiger partial charge is 0.297 e. The van der Waals surface area contributed by atoms with E-state index >= 15 is 0 Å². The van der Waals surface area contributed by atoms with Crippen molar-refractivity contribution >= 4 is 44.9 Å². The van der Waals surface area contributed by atoms with Crippen LogP contribution in [-0.2, 0) is 10.3 Å². The average Bonchev–Trinajstić information content (AvgIpc) is 3.46. The van der Waals surface area contributed by atoms with Crippen molar-refractivity contribution < 1.29 is 14.0 Å². The Balaban J connectivity index is 1.81. The van der Waals surface area contributed by atoms with Gasteiger partial charge < -0.3 is 9.32 Å². The molecule has 0 saturated heterocycles. The van der Waals surface area contributed by atoms with Crippen LogP contribution in [0.5, 0.6) is 0 Å². The van der Waals surface area contributed by atoms with Gasteiger partial charge in [0.05, 0.1) is 16.6 Å². The molecule has 0 N–H and O–H groups in total. The van der Waals surface area contributed by atoms with Crippen LogP contribution in [-0.4, -0.2) is 23.3 Å². The molecule has 2 aliphatic heterocycles. The molecule has 6 rings (SSSR count). The summed E-state index contributed by atoms with van der Waals surface area (Å²) in [5, 5.41) is 2.41. The van der Waals surface area contributed by atoms with Crippen LogP contribution in [0.4, 0.5) is 10.8 Å². The molecule has 2 amide bonds. The predicted octanol–water partition coefficient (Wildman–Crippen LogP) is 3.83. The van der Waals surface area contributed by atoms with Crippen molar-refractivity contribution in [1.82, 2.24) is 4.98 Å². The molecular weight excluding hydrogens is 426 g/mol. The van der Waals surface area contributed by atoms with Crippen molar-refractivity contribution in [2.24, 2.45) is 0 Å². The van der Waals surface area contributed by atoms with Gasteiger partial charge >= 0.3 is 0 Å². The maximum absolute atomic E-state index is 14.1. The van der Waals surface area contributed by atoms with Crippen LogP contribution in [0.2, 0.25) is 0 Å². The maximum atomic E-state index is 14.1. The second-order valence-corrected chi connectivity index (χ2v) is 8.74. The number of likely N-dealkylation sites (N-methyl/N-ethyl adjacent to an activating group) is 1. The number of amides is 2. The molecule has 0 radical (unpaired) electrons. The van der Waals surface area contributed by atoms with Crippen molar-refractivity contribution in [2.75, 3.05) is 16.3 Å². The number of carbonyl (C=O) groups excluding carboxylic acids is 2. The second-order valence-electron chi connectivity index (χ2n) is 7.87. The van der Waals surface area contributed by atoms with Gasteiger partial charge in [0.25, 0.3) is 11.8 Å². The molecular formula is C24H17N3O4S. The third kappa shape index (κ3) is 2.10. The fourth-order valence-electron chi connectivity index (χ4n) is 4.92. The number of hydrogen-bond donors (Lipinski definition) is 0. The molecule has 1 spiro atoms. The number of aryl methyl sites for hydroxylation is 1. The second kappa shape index (κ2) is 6.37. The molecule has 32 heavy (non-hydrogen) atoms. The lowest BCUT2D eigenvalue weighted by Crippen LogP contribution is -2.53. The fourth-order valence-corrected chi connectivity index (χ4v) is 5.61. The standard InChI is InChI=1S/C24H17N3O4S/c1-3-26-16-7-5-4-6-15(16)24(22(26)30)18-19(28)14-12-13(2)8-9-17(14)31-20(18)21(29)27(24)23-25-10-11-32-23/h4-12H,3H2,1-2H3. The van der Waals surface area contributed by atoms with E-state index in [1.807, 2.05) is 38.1 Å². The summed E-state index contributed by atoms with van der Waals surface area (Å²) >= 11 is 1.23. The van der Waals surface area contributed by atoms with Gasteiger partial charge in [0.1, 0.15) is 5.58 Å². The molecule has 2 aliphatic rings. The lowest BCUT2D eigenvalue weighted by Gasteiger charge is -2.32. The average molecular weight is 443 g/mol. The predicted molar refractivity (Wildman–Crippen MR) is 121 cm³/mol. The zero-order chi connectivity index (χ0) is 22.2. The van der Waals surface area contributed by atoms with Gasteiger partial charge in [0.2, 0.25) is 5.76 Å². The minimum absolute atomic E-state index is 0.0594. The highest BCUT2D eigenvalue weighted by atomic mass is 32.1. The molecule has 4 aromatic rings. The van der Waals surface area contributed by atoms with E-state index in [0.717, 1.165) is 5.56 Å². The van der Waals surface area contributed by atoms with Gasteiger partial charge in [-0.05, 0) is 32.0 Å². The molecule has 0 aliphatic carbocycles. The highest BCUT2D eigenvalue weighted by Gasteiger charge is 2.66. The number of fused-ring (bicyclic) bond motifs is 5. The monoisotopic (exact) mass is 443 g/mol. The van der Waals surface area contributed by atoms with E-state index < -0.39 is 11.4 Å². The number of rotatable bonds is 2. The first-order valence-electron chi connectivity index (χ1n) is 10.2. The zero-order valence-electron chi connectivity index (χ0n) is 17.3. The molecule has 158 valence electrons. The molecule has 0 saturated carbocycles. The molecule has 1 unspecified atom stereocenters. The molecule has 0 bridgehead atoms. The normalized spacial score (nSPS) is 19.3. The van der Waals surface area contributed by atoms with Gasteiger partial charge in [0.15, 0.2) is 16.1 Å². The molecule has 2 aromatic carbocycles. The Morgan fingerprint density at radius 2 is 1.94 bits per heavy atom. The molecule has 8 heteroatoms. The minimum Gasteiger partial charge on any atom is -0.450 e. The van der Waals surface area contributed by atoms with Crippen LogP contribution >= 0.6 is 11.3 Å². The first-order valence-corrected chi connectivity index (χ1v) is 11.1. The van der Waals surface area contributed by atoms with Crippen LogP contribution in [0.15, 0.2) is 63.3 Å². The number of benzene rings is 2. The van der Waals surface area contributed by atoms with E-state index in [0.29, 0.717) is 33.9 Å². The highest BCUT2D eigenvalue weighted by molar-refractivity contribution is 7.13. The number of anilines is 2. The fraction of sp³-hybridized carbons (Fsp3) is 0.167. The van der Waals surface area contributed by atoms with Crippen molar-refractivity contribution in [1.29, 1.82) is 0 Å². The van der Waals surface area contributed by atoms with Crippen molar-refractivity contribution in [3.8, 4) is 0 Å². The van der Waals surface area contributed by atoms with E-state index in [9.17, 15) is 14.4 Å². The van der Waals surface area contributed by atoms with E-state index in [2.05, 4.69) is 4.98 Å². The van der Waals surface area contributed by atoms with Crippen LogP contribution in [0.3, 0.4) is 0 Å². The summed E-state index contributed by atoms with van der Waals surface area (Å²) in [6.07, 6.45) is 1.57. The number of hydrogen-bond acceptors (Lipinski definition) is 6. The first-order chi connectivity index (χ1) is 15.5. The quantitative estimate of drug-likeness (QED) is 0.470. The number of carbonyl (C=O) groups is 2. The third-order valence-corrected chi connectivity index (χ3v) is 6.96. The first kappa shape index (κ1) is 18.9. The Hall–Kier alpha value is -3.78. The summed E-state index contributed by atoms with van der Waals surface area (Å²) in [5.41, 5.74) is 0.472. The Morgan fingerprint density at radius 1 is 1.12 bits per heavy atom. The van der Waals surface area contributed by atoms with E-state index in [-0.39, 0.29) is 22.7 Å². The van der Waals surface area contributed by atoms with Crippen LogP contribution in [0.25, 0.3) is 11.0 Å². The largest absolute Gasteiger partial charge is 0.450 e. The number of thiazole rings is 1. The van der Waals surface area contributed by atoms with E-state index in [1.54, 1.807) is 34.7 Å². The Labute approximate surface area is 186 Å². The lowest BCUT2D eigenvalue weighted by atomic mass is 9.84. The highest BCUT2D eigenvalue weighted by Crippen LogP contribution is 2.54. The molecule has 1 atom stereocenters. The van der Waals surface area contributed by atoms with E-state index in [1.165, 1.54) is 16.2 Å².